The van der Waals surface area contributed by atoms with Gasteiger partial charge in [-0.1, -0.05) is 0 Å². The second-order valence-electron chi connectivity index (χ2n) is 7.75. The van der Waals surface area contributed by atoms with Gasteiger partial charge >= 0.3 is 6.18 Å². The molecule has 0 saturated carbocycles. The predicted octanol–water partition coefficient (Wildman–Crippen LogP) is 3.60. The normalized spacial score (nSPS) is 18.9. The van der Waals surface area contributed by atoms with Crippen LogP contribution in [-0.4, -0.2) is 54.5 Å². The van der Waals surface area contributed by atoms with Gasteiger partial charge in [0, 0.05) is 18.9 Å². The van der Waals surface area contributed by atoms with Gasteiger partial charge in [-0.25, -0.2) is 14.4 Å². The van der Waals surface area contributed by atoms with Crippen LogP contribution in [0.2, 0.25) is 0 Å². The van der Waals surface area contributed by atoms with E-state index in [9.17, 15) is 22.4 Å². The highest BCUT2D eigenvalue weighted by Crippen LogP contribution is 2.32. The number of alkyl halides is 3. The Labute approximate surface area is 186 Å². The van der Waals surface area contributed by atoms with Crippen LogP contribution in [0.5, 0.6) is 5.88 Å². The molecule has 0 spiro atoms. The van der Waals surface area contributed by atoms with Crippen LogP contribution in [0.1, 0.15) is 41.3 Å². The Morgan fingerprint density at radius 2 is 1.88 bits per heavy atom. The molecule has 8 nitrogen and oxygen atoms in total. The van der Waals surface area contributed by atoms with Gasteiger partial charge in [-0.05, 0) is 44.4 Å². The summed E-state index contributed by atoms with van der Waals surface area (Å²) in [4.78, 5) is 24.1. The molecule has 3 aromatic heterocycles. The van der Waals surface area contributed by atoms with Gasteiger partial charge in [0.2, 0.25) is 0 Å². The lowest BCUT2D eigenvalue weighted by molar-refractivity contribution is -0.138. The second-order valence-corrected chi connectivity index (χ2v) is 7.75. The topological polar surface area (TPSA) is 86.0 Å². The van der Waals surface area contributed by atoms with E-state index < -0.39 is 35.6 Å². The number of halogens is 4. The fourth-order valence-corrected chi connectivity index (χ4v) is 3.72. The van der Waals surface area contributed by atoms with E-state index in [1.54, 1.807) is 31.0 Å². The Bertz CT molecular complexity index is 1150. The first-order valence-corrected chi connectivity index (χ1v) is 10.2. The quantitative estimate of drug-likeness (QED) is 0.549. The van der Waals surface area contributed by atoms with E-state index in [2.05, 4.69) is 20.2 Å². The summed E-state index contributed by atoms with van der Waals surface area (Å²) in [5.74, 6) is -1.82. The van der Waals surface area contributed by atoms with Crippen molar-refractivity contribution in [3.8, 4) is 11.7 Å². The Morgan fingerprint density at radius 1 is 1.15 bits per heavy atom. The highest BCUT2D eigenvalue weighted by molar-refractivity contribution is 5.97. The van der Waals surface area contributed by atoms with Crippen molar-refractivity contribution in [3.63, 3.8) is 0 Å². The number of aromatic nitrogens is 5. The molecule has 0 N–H and O–H groups in total. The molecule has 0 radical (unpaired) electrons. The largest absolute Gasteiger partial charge is 0.470 e. The van der Waals surface area contributed by atoms with Crippen LogP contribution in [0.4, 0.5) is 17.6 Å². The van der Waals surface area contributed by atoms with Crippen LogP contribution in [-0.2, 0) is 6.18 Å². The molecule has 1 amide bonds. The van der Waals surface area contributed by atoms with Crippen molar-refractivity contribution in [1.82, 2.24) is 29.9 Å². The molecule has 0 aromatic carbocycles. The van der Waals surface area contributed by atoms with Crippen molar-refractivity contribution in [2.75, 3.05) is 6.54 Å². The summed E-state index contributed by atoms with van der Waals surface area (Å²) in [5.41, 5.74) is -0.146. The maximum atomic E-state index is 14.2. The lowest BCUT2D eigenvalue weighted by Gasteiger charge is -2.39. The van der Waals surface area contributed by atoms with Crippen molar-refractivity contribution < 1.29 is 27.1 Å². The monoisotopic (exact) mass is 464 g/mol. The summed E-state index contributed by atoms with van der Waals surface area (Å²) >= 11 is 0. The molecular weight excluding hydrogens is 444 g/mol. The standard InChI is InChI=1S/C21H20F4N6O2/c1-12-8-15(18(26-10-12)31-28-5-6-29-31)20(32)30-7-3-4-17(13(30)2)33-19-16(22)9-14(11-27-19)21(23,24)25/h5-6,8-11,13,17H,3-4,7H2,1-2H3. The molecule has 174 valence electrons. The fraction of sp³-hybridized carbons (Fsp3) is 0.381. The number of pyridine rings is 2. The maximum absolute atomic E-state index is 14.2. The number of carbonyl (C=O) groups is 1. The minimum absolute atomic E-state index is 0.265. The number of carbonyl (C=O) groups excluding carboxylic acids is 1. The average Bonchev–Trinajstić information content (AvgIpc) is 3.30. The van der Waals surface area contributed by atoms with Crippen molar-refractivity contribution in [2.24, 2.45) is 0 Å². The van der Waals surface area contributed by atoms with Gasteiger partial charge in [0.1, 0.15) is 6.10 Å². The van der Waals surface area contributed by atoms with Crippen LogP contribution >= 0.6 is 0 Å². The highest BCUT2D eigenvalue weighted by atomic mass is 19.4. The van der Waals surface area contributed by atoms with Crippen molar-refractivity contribution >= 4 is 5.91 Å². The van der Waals surface area contributed by atoms with Crippen molar-refractivity contribution in [3.05, 3.63) is 59.4 Å². The number of aryl methyl sites for hydroxylation is 1. The zero-order valence-electron chi connectivity index (χ0n) is 17.8. The van der Waals surface area contributed by atoms with E-state index in [1.807, 2.05) is 0 Å². The summed E-state index contributed by atoms with van der Waals surface area (Å²) < 4.78 is 58.2. The second kappa shape index (κ2) is 8.75. The third-order valence-corrected chi connectivity index (χ3v) is 5.42. The first kappa shape index (κ1) is 22.6. The number of hydrogen-bond donors (Lipinski definition) is 0. The first-order chi connectivity index (χ1) is 15.6. The summed E-state index contributed by atoms with van der Waals surface area (Å²) in [6, 6.07) is 1.52. The van der Waals surface area contributed by atoms with Crippen molar-refractivity contribution in [2.45, 2.75) is 45.0 Å². The van der Waals surface area contributed by atoms with E-state index in [4.69, 9.17) is 4.74 Å². The van der Waals surface area contributed by atoms with Gasteiger partial charge in [-0.3, -0.25) is 4.79 Å². The molecule has 0 bridgehead atoms. The fourth-order valence-electron chi connectivity index (χ4n) is 3.72. The van der Waals surface area contributed by atoms with Crippen molar-refractivity contribution in [1.29, 1.82) is 0 Å². The molecule has 3 aromatic rings. The third kappa shape index (κ3) is 4.64. The molecular formula is C21H20F4N6O2. The number of ether oxygens (including phenoxy) is 1. The van der Waals surface area contributed by atoms with Crippen LogP contribution in [0, 0.1) is 12.7 Å². The zero-order chi connectivity index (χ0) is 23.8. The van der Waals surface area contributed by atoms with Gasteiger partial charge in [0.25, 0.3) is 11.8 Å². The SMILES string of the molecule is Cc1cnc(-n2nccn2)c(C(=O)N2CCCC(Oc3ncc(C(F)(F)F)cc3F)C2C)c1. The van der Waals surface area contributed by atoms with Crippen LogP contribution in [0.3, 0.4) is 0 Å². The zero-order valence-corrected chi connectivity index (χ0v) is 17.8. The molecule has 1 aliphatic heterocycles. The summed E-state index contributed by atoms with van der Waals surface area (Å²) in [6.45, 7) is 3.95. The molecule has 1 fully saturated rings. The van der Waals surface area contributed by atoms with E-state index in [0.717, 1.165) is 5.56 Å². The van der Waals surface area contributed by atoms with E-state index in [0.29, 0.717) is 31.6 Å². The number of nitrogens with zero attached hydrogens (tertiary/aromatic N) is 6. The lowest BCUT2D eigenvalue weighted by atomic mass is 9.98. The van der Waals surface area contributed by atoms with Gasteiger partial charge in [-0.15, -0.1) is 4.80 Å². The molecule has 0 aliphatic carbocycles. The smallest absolute Gasteiger partial charge is 0.417 e. The summed E-state index contributed by atoms with van der Waals surface area (Å²) in [5, 5.41) is 8.09. The molecule has 4 rings (SSSR count). The Morgan fingerprint density at radius 3 is 2.55 bits per heavy atom. The molecule has 2 atom stereocenters. The average molecular weight is 464 g/mol. The Hall–Kier alpha value is -3.57. The number of hydrogen-bond acceptors (Lipinski definition) is 6. The van der Waals surface area contributed by atoms with Gasteiger partial charge in [-0.2, -0.15) is 23.4 Å². The van der Waals surface area contributed by atoms with E-state index in [-0.39, 0.29) is 17.3 Å². The molecule has 12 heteroatoms. The maximum Gasteiger partial charge on any atom is 0.417 e. The molecule has 1 saturated heterocycles. The number of amides is 1. The predicted molar refractivity (Wildman–Crippen MR) is 107 cm³/mol. The third-order valence-electron chi connectivity index (χ3n) is 5.42. The van der Waals surface area contributed by atoms with Crippen LogP contribution < -0.4 is 4.74 Å². The van der Waals surface area contributed by atoms with Crippen LogP contribution in [0.25, 0.3) is 5.82 Å². The highest BCUT2D eigenvalue weighted by Gasteiger charge is 2.36. The summed E-state index contributed by atoms with van der Waals surface area (Å²) in [7, 11) is 0. The minimum Gasteiger partial charge on any atom is -0.470 e. The molecule has 2 unspecified atom stereocenters. The minimum atomic E-state index is -4.71. The number of rotatable bonds is 4. The van der Waals surface area contributed by atoms with Gasteiger partial charge in [0.15, 0.2) is 11.6 Å². The molecule has 4 heterocycles. The molecule has 33 heavy (non-hydrogen) atoms. The summed E-state index contributed by atoms with van der Waals surface area (Å²) in [6.07, 6.45) is 0.715. The van der Waals surface area contributed by atoms with Gasteiger partial charge < -0.3 is 9.64 Å². The Kier molecular flexibility index (Phi) is 6.00. The Balaban J connectivity index is 1.57. The number of likely N-dealkylation sites (tertiary alicyclic amines) is 1. The lowest BCUT2D eigenvalue weighted by Crippen LogP contribution is -2.51. The van der Waals surface area contributed by atoms with E-state index in [1.165, 1.54) is 17.2 Å². The van der Waals surface area contributed by atoms with Crippen LogP contribution in [0.15, 0.2) is 36.9 Å². The van der Waals surface area contributed by atoms with Gasteiger partial charge in [0.05, 0.1) is 29.6 Å². The first-order valence-electron chi connectivity index (χ1n) is 10.2. The molecule has 1 aliphatic rings. The number of piperidine rings is 1. The van der Waals surface area contributed by atoms with E-state index >= 15 is 0 Å².